The summed E-state index contributed by atoms with van der Waals surface area (Å²) in [7, 11) is 0. The number of carbonyl (C=O) groups is 2. The molecule has 0 fully saturated rings. The van der Waals surface area contributed by atoms with Crippen molar-refractivity contribution < 1.29 is 9.59 Å². The summed E-state index contributed by atoms with van der Waals surface area (Å²) in [5, 5.41) is 5.77. The van der Waals surface area contributed by atoms with E-state index in [1.807, 2.05) is 56.3 Å². The summed E-state index contributed by atoms with van der Waals surface area (Å²) in [5.74, 6) is -0.321. The Morgan fingerprint density at radius 1 is 0.852 bits per heavy atom. The van der Waals surface area contributed by atoms with Gasteiger partial charge in [-0.1, -0.05) is 18.2 Å². The molecule has 136 valence electrons. The van der Waals surface area contributed by atoms with Gasteiger partial charge in [-0.15, -0.1) is 0 Å². The number of aryl methyl sites for hydroxylation is 2. The highest BCUT2D eigenvalue weighted by molar-refractivity contribution is 6.04. The lowest BCUT2D eigenvalue weighted by molar-refractivity contribution is 0.0950. The average molecular weight is 359 g/mol. The molecule has 0 bridgehead atoms. The number of carbonyl (C=O) groups excluding carboxylic acids is 2. The van der Waals surface area contributed by atoms with Crippen LogP contribution in [0.5, 0.6) is 0 Å². The number of hydrogen-bond donors (Lipinski definition) is 2. The lowest BCUT2D eigenvalue weighted by Gasteiger charge is -2.10. The van der Waals surface area contributed by atoms with Crippen LogP contribution >= 0.6 is 0 Å². The Hall–Kier alpha value is -3.47. The molecule has 0 spiro atoms. The van der Waals surface area contributed by atoms with Crippen LogP contribution in [-0.2, 0) is 6.54 Å². The zero-order chi connectivity index (χ0) is 19.2. The summed E-state index contributed by atoms with van der Waals surface area (Å²) in [6.45, 7) is 4.38. The van der Waals surface area contributed by atoms with Crippen LogP contribution in [0.4, 0.5) is 5.69 Å². The third-order valence-electron chi connectivity index (χ3n) is 4.35. The molecule has 27 heavy (non-hydrogen) atoms. The third-order valence-corrected chi connectivity index (χ3v) is 4.35. The largest absolute Gasteiger partial charge is 0.348 e. The second-order valence-electron chi connectivity index (χ2n) is 6.37. The van der Waals surface area contributed by atoms with Gasteiger partial charge in [0.25, 0.3) is 11.8 Å². The third kappa shape index (κ3) is 4.79. The summed E-state index contributed by atoms with van der Waals surface area (Å²) in [4.78, 5) is 28.5. The first-order chi connectivity index (χ1) is 13.0. The zero-order valence-electron chi connectivity index (χ0n) is 15.3. The van der Waals surface area contributed by atoms with E-state index < -0.39 is 0 Å². The van der Waals surface area contributed by atoms with E-state index >= 15 is 0 Å². The Morgan fingerprint density at radius 3 is 2.37 bits per heavy atom. The number of hydrogen-bond acceptors (Lipinski definition) is 3. The Kier molecular flexibility index (Phi) is 5.61. The summed E-state index contributed by atoms with van der Waals surface area (Å²) in [6.07, 6.45) is 3.15. The lowest BCUT2D eigenvalue weighted by atomic mass is 10.1. The number of benzene rings is 2. The molecule has 0 atom stereocenters. The van der Waals surface area contributed by atoms with Gasteiger partial charge in [0.2, 0.25) is 0 Å². The molecule has 5 nitrogen and oxygen atoms in total. The fourth-order valence-corrected chi connectivity index (χ4v) is 2.63. The number of anilines is 1. The number of nitrogens with zero attached hydrogens (tertiary/aromatic N) is 1. The Morgan fingerprint density at radius 2 is 1.63 bits per heavy atom. The average Bonchev–Trinajstić information content (AvgIpc) is 2.69. The molecule has 0 radical (unpaired) electrons. The van der Waals surface area contributed by atoms with Crippen molar-refractivity contribution in [1.29, 1.82) is 0 Å². The Bertz CT molecular complexity index is 968. The molecule has 0 saturated carbocycles. The molecule has 0 saturated heterocycles. The van der Waals surface area contributed by atoms with Gasteiger partial charge < -0.3 is 10.6 Å². The van der Waals surface area contributed by atoms with Gasteiger partial charge in [0.05, 0.1) is 0 Å². The lowest BCUT2D eigenvalue weighted by Crippen LogP contribution is -2.23. The molecule has 2 N–H and O–H groups in total. The topological polar surface area (TPSA) is 71.1 Å². The van der Waals surface area contributed by atoms with Crippen LogP contribution in [0.1, 0.15) is 37.4 Å². The van der Waals surface area contributed by atoms with E-state index in [4.69, 9.17) is 0 Å². The molecule has 3 rings (SSSR count). The predicted octanol–water partition coefficient (Wildman–Crippen LogP) is 3.88. The smallest absolute Gasteiger partial charge is 0.255 e. The van der Waals surface area contributed by atoms with E-state index in [0.717, 1.165) is 16.7 Å². The molecule has 5 heteroatoms. The van der Waals surface area contributed by atoms with Crippen LogP contribution in [0.2, 0.25) is 0 Å². The van der Waals surface area contributed by atoms with Crippen molar-refractivity contribution in [3.63, 3.8) is 0 Å². The summed E-state index contributed by atoms with van der Waals surface area (Å²) in [6, 6.07) is 16.4. The van der Waals surface area contributed by atoms with Gasteiger partial charge in [0.15, 0.2) is 0 Å². The van der Waals surface area contributed by atoms with E-state index in [1.54, 1.807) is 24.5 Å². The summed E-state index contributed by atoms with van der Waals surface area (Å²) < 4.78 is 0. The predicted molar refractivity (Wildman–Crippen MR) is 106 cm³/mol. The molecule has 2 aromatic carbocycles. The van der Waals surface area contributed by atoms with Crippen molar-refractivity contribution in [2.45, 2.75) is 20.4 Å². The van der Waals surface area contributed by atoms with Crippen molar-refractivity contribution >= 4 is 17.5 Å². The summed E-state index contributed by atoms with van der Waals surface area (Å²) in [5.41, 5.74) is 5.00. The molecule has 0 aliphatic rings. The van der Waals surface area contributed by atoms with Gasteiger partial charge in [-0.2, -0.15) is 0 Å². The van der Waals surface area contributed by atoms with Gasteiger partial charge in [-0.25, -0.2) is 0 Å². The van der Waals surface area contributed by atoms with E-state index in [1.165, 1.54) is 0 Å². The van der Waals surface area contributed by atoms with Gasteiger partial charge in [0.1, 0.15) is 0 Å². The number of rotatable bonds is 5. The van der Waals surface area contributed by atoms with Crippen molar-refractivity contribution in [2.24, 2.45) is 0 Å². The number of amides is 2. The highest BCUT2D eigenvalue weighted by atomic mass is 16.2. The second kappa shape index (κ2) is 8.27. The van der Waals surface area contributed by atoms with E-state index in [9.17, 15) is 9.59 Å². The molecule has 2 amide bonds. The minimum atomic E-state index is -0.200. The normalized spacial score (nSPS) is 10.3. The molecule has 1 aromatic heterocycles. The highest BCUT2D eigenvalue weighted by Gasteiger charge is 2.08. The van der Waals surface area contributed by atoms with E-state index in [-0.39, 0.29) is 11.8 Å². The first kappa shape index (κ1) is 18.3. The van der Waals surface area contributed by atoms with Gasteiger partial charge in [0, 0.05) is 35.8 Å². The molecule has 0 aliphatic carbocycles. The molecule has 0 aliphatic heterocycles. The number of nitrogens with one attached hydrogen (secondary N) is 2. The maximum absolute atomic E-state index is 12.3. The minimum Gasteiger partial charge on any atom is -0.348 e. The second-order valence-corrected chi connectivity index (χ2v) is 6.37. The van der Waals surface area contributed by atoms with Crippen LogP contribution in [-0.4, -0.2) is 16.8 Å². The van der Waals surface area contributed by atoms with Crippen LogP contribution in [0.3, 0.4) is 0 Å². The van der Waals surface area contributed by atoms with E-state index in [0.29, 0.717) is 23.4 Å². The van der Waals surface area contributed by atoms with Gasteiger partial charge >= 0.3 is 0 Å². The molecular weight excluding hydrogens is 338 g/mol. The Balaban J connectivity index is 1.63. The van der Waals surface area contributed by atoms with Crippen molar-refractivity contribution in [3.05, 3.63) is 94.8 Å². The van der Waals surface area contributed by atoms with Crippen molar-refractivity contribution in [1.82, 2.24) is 10.3 Å². The molecule has 3 aromatic rings. The quantitative estimate of drug-likeness (QED) is 0.726. The SMILES string of the molecule is Cc1ccc(C(=O)NCc2cccc(NC(=O)c3ccncc3)c2)cc1C. The fourth-order valence-electron chi connectivity index (χ4n) is 2.63. The number of pyridine rings is 1. The van der Waals surface area contributed by atoms with E-state index in [2.05, 4.69) is 15.6 Å². The molecule has 0 unspecified atom stereocenters. The van der Waals surface area contributed by atoms with Crippen LogP contribution in [0.25, 0.3) is 0 Å². The molecule has 1 heterocycles. The standard InChI is InChI=1S/C22H21N3O2/c1-15-6-7-19(12-16(15)2)21(26)24-14-17-4-3-5-20(13-17)25-22(27)18-8-10-23-11-9-18/h3-13H,14H2,1-2H3,(H,24,26)(H,25,27). The maximum atomic E-state index is 12.3. The monoisotopic (exact) mass is 359 g/mol. The maximum Gasteiger partial charge on any atom is 0.255 e. The Labute approximate surface area is 158 Å². The van der Waals surface area contributed by atoms with Crippen LogP contribution in [0.15, 0.2) is 67.0 Å². The van der Waals surface area contributed by atoms with Crippen molar-refractivity contribution in [3.8, 4) is 0 Å². The minimum absolute atomic E-state index is 0.121. The zero-order valence-corrected chi connectivity index (χ0v) is 15.3. The van der Waals surface area contributed by atoms with Crippen molar-refractivity contribution in [2.75, 3.05) is 5.32 Å². The first-order valence-corrected chi connectivity index (χ1v) is 8.69. The first-order valence-electron chi connectivity index (χ1n) is 8.69. The van der Waals surface area contributed by atoms with Gasteiger partial charge in [-0.05, 0) is 66.9 Å². The molecular formula is C22H21N3O2. The number of aromatic nitrogens is 1. The van der Waals surface area contributed by atoms with Crippen LogP contribution in [0, 0.1) is 13.8 Å². The fraction of sp³-hybridized carbons (Fsp3) is 0.136. The summed E-state index contributed by atoms with van der Waals surface area (Å²) >= 11 is 0. The van der Waals surface area contributed by atoms with Gasteiger partial charge in [-0.3, -0.25) is 14.6 Å². The van der Waals surface area contributed by atoms with Crippen LogP contribution < -0.4 is 10.6 Å². The highest BCUT2D eigenvalue weighted by Crippen LogP contribution is 2.13.